The molecule has 0 unspecified atom stereocenters. The van der Waals surface area contributed by atoms with Gasteiger partial charge in [0, 0.05) is 88.9 Å². The third-order valence-corrected chi connectivity index (χ3v) is 11.6. The number of aliphatic hydroxyl groups is 1. The maximum Gasteiger partial charge on any atom is 0.302 e. The molecule has 7 bridgehead atoms. The molecule has 35 heavy (non-hydrogen) atoms. The fourth-order valence-electron chi connectivity index (χ4n) is 11.3. The van der Waals surface area contributed by atoms with E-state index in [2.05, 4.69) is 11.8 Å². The van der Waals surface area contributed by atoms with E-state index >= 15 is 0 Å². The molecule has 5 saturated carbocycles. The molecule has 1 N–H and O–H groups in total. The quantitative estimate of drug-likeness (QED) is 0.537. The number of carbonyl (C=O) groups excluding carboxylic acids is 1. The monoisotopic (exact) mass is 493 g/mol. The van der Waals surface area contributed by atoms with Gasteiger partial charge in [-0.1, -0.05) is 6.92 Å². The standard InChI is InChI=1S/C27H43NO7/c1-7-28-12-25(13-31-3)9-8-18(33-5)27-16-10-15-17(32-4)11-26(30,19(16)21(15)35-14(2)29)20(24(27)28)22(34-6)23(25)27/h15-24,30H,7-13H2,1-6H3/t15-,16-,17-,18-,19-,20-,21-,22-,23+,24+,25-,26+,27-/m0/s1. The van der Waals surface area contributed by atoms with Crippen LogP contribution in [0, 0.1) is 40.4 Å². The van der Waals surface area contributed by atoms with Crippen LogP contribution >= 0.6 is 0 Å². The van der Waals surface area contributed by atoms with Gasteiger partial charge in [-0.2, -0.15) is 0 Å². The fraction of sp³-hybridized carbons (Fsp3) is 0.963. The highest BCUT2D eigenvalue weighted by atomic mass is 16.5. The molecule has 0 amide bonds. The molecule has 6 fully saturated rings. The summed E-state index contributed by atoms with van der Waals surface area (Å²) in [5.41, 5.74) is -1.30. The molecular weight excluding hydrogens is 450 g/mol. The highest BCUT2D eigenvalue weighted by Crippen LogP contribution is 2.79. The smallest absolute Gasteiger partial charge is 0.302 e. The van der Waals surface area contributed by atoms with Crippen molar-refractivity contribution in [2.75, 3.05) is 48.1 Å². The lowest BCUT2D eigenvalue weighted by Gasteiger charge is -2.69. The molecule has 1 heterocycles. The Morgan fingerprint density at radius 3 is 2.46 bits per heavy atom. The second-order valence-corrected chi connectivity index (χ2v) is 12.3. The summed E-state index contributed by atoms with van der Waals surface area (Å²) in [4.78, 5) is 14.9. The van der Waals surface area contributed by atoms with E-state index in [0.717, 1.165) is 32.4 Å². The van der Waals surface area contributed by atoms with Gasteiger partial charge >= 0.3 is 5.97 Å². The summed E-state index contributed by atoms with van der Waals surface area (Å²) in [6.07, 6.45) is 2.88. The molecule has 1 saturated heterocycles. The maximum absolute atomic E-state index is 12.9. The van der Waals surface area contributed by atoms with Gasteiger partial charge in [0.1, 0.15) is 6.10 Å². The molecule has 6 aliphatic rings. The van der Waals surface area contributed by atoms with Gasteiger partial charge in [-0.3, -0.25) is 9.69 Å². The van der Waals surface area contributed by atoms with Crippen LogP contribution in [0.5, 0.6) is 0 Å². The van der Waals surface area contributed by atoms with Crippen molar-refractivity contribution in [1.82, 2.24) is 4.90 Å². The van der Waals surface area contributed by atoms with Crippen molar-refractivity contribution in [3.05, 3.63) is 0 Å². The topological polar surface area (TPSA) is 86.7 Å². The van der Waals surface area contributed by atoms with Crippen molar-refractivity contribution in [3.8, 4) is 0 Å². The number of hydrogen-bond acceptors (Lipinski definition) is 8. The molecule has 8 heteroatoms. The Balaban J connectivity index is 1.62. The highest BCUT2D eigenvalue weighted by Gasteiger charge is 2.86. The number of esters is 1. The van der Waals surface area contributed by atoms with Gasteiger partial charge in [0.2, 0.25) is 0 Å². The van der Waals surface area contributed by atoms with Gasteiger partial charge in [0.05, 0.1) is 30.5 Å². The molecule has 0 aromatic carbocycles. The summed E-state index contributed by atoms with van der Waals surface area (Å²) < 4.78 is 30.8. The van der Waals surface area contributed by atoms with E-state index in [9.17, 15) is 9.90 Å². The molecule has 5 aliphatic carbocycles. The SMILES string of the molecule is CCN1C[C@]2(COC)CC[C@H](OC)[C@@]34[C@@H]2[C@@H](OC)[C@@H]([C@@H]13)[C@@]1(O)C[C@H](OC)[C@@H]2C[C@H]4[C@H]1[C@H]2OC(C)=O. The molecule has 8 nitrogen and oxygen atoms in total. The zero-order chi connectivity index (χ0) is 24.9. The number of methoxy groups -OCH3 is 4. The first kappa shape index (κ1) is 24.6. The van der Waals surface area contributed by atoms with Gasteiger partial charge in [-0.25, -0.2) is 0 Å². The first-order chi connectivity index (χ1) is 16.8. The molecule has 0 aromatic heterocycles. The maximum atomic E-state index is 12.9. The fourth-order valence-corrected chi connectivity index (χ4v) is 11.3. The van der Waals surface area contributed by atoms with Crippen LogP contribution in [-0.2, 0) is 28.5 Å². The second kappa shape index (κ2) is 8.11. The van der Waals surface area contributed by atoms with Crippen LogP contribution in [0.1, 0.15) is 39.5 Å². The molecule has 1 aliphatic heterocycles. The van der Waals surface area contributed by atoms with Gasteiger partial charge < -0.3 is 28.8 Å². The van der Waals surface area contributed by atoms with E-state index < -0.39 is 5.60 Å². The first-order valence-corrected chi connectivity index (χ1v) is 13.5. The van der Waals surface area contributed by atoms with Gasteiger partial charge in [0.15, 0.2) is 0 Å². The van der Waals surface area contributed by atoms with Crippen molar-refractivity contribution in [2.24, 2.45) is 40.4 Å². The third kappa shape index (κ3) is 2.72. The predicted octanol–water partition coefficient (Wildman–Crippen LogP) is 1.73. The van der Waals surface area contributed by atoms with E-state index in [1.807, 2.05) is 21.3 Å². The first-order valence-electron chi connectivity index (χ1n) is 13.5. The average Bonchev–Trinajstić information content (AvgIpc) is 3.25. The summed E-state index contributed by atoms with van der Waals surface area (Å²) in [6, 6.07) is 0.149. The minimum absolute atomic E-state index is 0.0591. The summed E-state index contributed by atoms with van der Waals surface area (Å²) in [6.45, 7) is 6.26. The van der Waals surface area contributed by atoms with Crippen LogP contribution < -0.4 is 0 Å². The Morgan fingerprint density at radius 1 is 1.09 bits per heavy atom. The zero-order valence-corrected chi connectivity index (χ0v) is 22.1. The minimum atomic E-state index is -1.04. The van der Waals surface area contributed by atoms with Crippen LogP contribution in [0.25, 0.3) is 0 Å². The Labute approximate surface area is 208 Å². The second-order valence-electron chi connectivity index (χ2n) is 12.3. The Kier molecular flexibility index (Phi) is 5.69. The van der Waals surface area contributed by atoms with Crippen molar-refractivity contribution in [1.29, 1.82) is 0 Å². The van der Waals surface area contributed by atoms with Crippen LogP contribution in [0.3, 0.4) is 0 Å². The van der Waals surface area contributed by atoms with E-state index in [0.29, 0.717) is 13.0 Å². The molecule has 198 valence electrons. The van der Waals surface area contributed by atoms with Crippen molar-refractivity contribution >= 4 is 5.97 Å². The van der Waals surface area contributed by atoms with Gasteiger partial charge in [0.25, 0.3) is 0 Å². The normalized spacial score (nSPS) is 55.7. The number of rotatable bonds is 7. The summed E-state index contributed by atoms with van der Waals surface area (Å²) >= 11 is 0. The van der Waals surface area contributed by atoms with E-state index in [4.69, 9.17) is 23.7 Å². The number of likely N-dealkylation sites (tertiary alicyclic amines) is 1. The Morgan fingerprint density at radius 2 is 1.86 bits per heavy atom. The lowest BCUT2D eigenvalue weighted by molar-refractivity contribution is -0.277. The largest absolute Gasteiger partial charge is 0.462 e. The number of fused-ring (bicyclic) bond motifs is 2. The lowest BCUT2D eigenvalue weighted by Crippen LogP contribution is -2.76. The third-order valence-electron chi connectivity index (χ3n) is 11.6. The number of ether oxygens (including phenoxy) is 5. The number of carbonyl (C=O) groups is 1. The molecular formula is C27H43NO7. The molecule has 6 rings (SSSR count). The number of piperidine rings is 1. The van der Waals surface area contributed by atoms with Crippen molar-refractivity contribution in [3.63, 3.8) is 0 Å². The van der Waals surface area contributed by atoms with E-state index in [1.165, 1.54) is 6.92 Å². The highest BCUT2D eigenvalue weighted by molar-refractivity contribution is 5.66. The summed E-state index contributed by atoms with van der Waals surface area (Å²) in [5, 5.41) is 12.9. The Bertz CT molecular complexity index is 870. The summed E-state index contributed by atoms with van der Waals surface area (Å²) in [7, 11) is 7.20. The van der Waals surface area contributed by atoms with E-state index in [1.54, 1.807) is 7.11 Å². The van der Waals surface area contributed by atoms with E-state index in [-0.39, 0.29) is 76.8 Å². The molecule has 0 aromatic rings. The summed E-state index contributed by atoms with van der Waals surface area (Å²) in [5.74, 6) is -0.0732. The number of nitrogens with zero attached hydrogens (tertiary/aromatic N) is 1. The van der Waals surface area contributed by atoms with Crippen molar-refractivity contribution in [2.45, 2.75) is 75.6 Å². The molecule has 13 atom stereocenters. The Hall–Kier alpha value is -0.770. The van der Waals surface area contributed by atoms with Crippen LogP contribution in [0.4, 0.5) is 0 Å². The van der Waals surface area contributed by atoms with Crippen LogP contribution in [0.2, 0.25) is 0 Å². The number of hydrogen-bond donors (Lipinski definition) is 1. The predicted molar refractivity (Wildman–Crippen MR) is 127 cm³/mol. The van der Waals surface area contributed by atoms with Crippen molar-refractivity contribution < 1.29 is 33.6 Å². The lowest BCUT2D eigenvalue weighted by atomic mass is 9.43. The molecule has 1 spiro atoms. The minimum Gasteiger partial charge on any atom is -0.462 e. The van der Waals surface area contributed by atoms with Gasteiger partial charge in [-0.15, -0.1) is 0 Å². The van der Waals surface area contributed by atoms with Crippen LogP contribution in [-0.4, -0.2) is 100 Å². The molecule has 0 radical (unpaired) electrons. The average molecular weight is 494 g/mol. The zero-order valence-electron chi connectivity index (χ0n) is 22.1. The van der Waals surface area contributed by atoms with Crippen LogP contribution in [0.15, 0.2) is 0 Å². The van der Waals surface area contributed by atoms with Gasteiger partial charge in [-0.05, 0) is 31.7 Å².